The summed E-state index contributed by atoms with van der Waals surface area (Å²) in [6.45, 7) is 0. The maximum absolute atomic E-state index is 11.7. The van der Waals surface area contributed by atoms with Gasteiger partial charge < -0.3 is 19.9 Å². The standard InChI is InChI=1S/C16H13N3O10S3.3Na/c17-10-7-9(30(21,22)23)5-8-6-13(32(27,28)29)15(16(20)14(8)10)19-18-11-3-1-2-4-12(11)31(24,25)26;;;/h1-7,20H,17H2,(H,21,22,23)(H,24,25,26)(H,27,28,29);;;/q;3*+1/p-2. The van der Waals surface area contributed by atoms with Crippen LogP contribution in [0.5, 0.6) is 5.75 Å². The molecule has 0 aliphatic rings. The molecule has 0 unspecified atom stereocenters. The van der Waals surface area contributed by atoms with Gasteiger partial charge in [0.25, 0.3) is 10.1 Å². The third-order valence-corrected chi connectivity index (χ3v) is 6.68. The van der Waals surface area contributed by atoms with Gasteiger partial charge in [0, 0.05) is 11.1 Å². The Morgan fingerprint density at radius 2 is 1.37 bits per heavy atom. The van der Waals surface area contributed by atoms with Crippen LogP contribution in [0.1, 0.15) is 0 Å². The van der Waals surface area contributed by atoms with Gasteiger partial charge in [-0.05, 0) is 35.7 Å². The largest absolute Gasteiger partial charge is 1.00 e. The van der Waals surface area contributed by atoms with Crippen molar-refractivity contribution in [3.8, 4) is 5.75 Å². The van der Waals surface area contributed by atoms with Crippen molar-refractivity contribution in [1.82, 2.24) is 0 Å². The van der Waals surface area contributed by atoms with E-state index in [-0.39, 0.29) is 99.4 Å². The number of phenolic OH excluding ortho intramolecular Hbond substituents is 1. The van der Waals surface area contributed by atoms with E-state index in [1.165, 1.54) is 12.1 Å². The van der Waals surface area contributed by atoms with Crippen LogP contribution >= 0.6 is 0 Å². The average Bonchev–Trinajstić information content (AvgIpc) is 2.64. The number of fused-ring (bicyclic) bond motifs is 1. The van der Waals surface area contributed by atoms with E-state index in [0.29, 0.717) is 18.2 Å². The van der Waals surface area contributed by atoms with E-state index < -0.39 is 67.9 Å². The van der Waals surface area contributed by atoms with Gasteiger partial charge >= 0.3 is 88.7 Å². The molecule has 0 spiro atoms. The van der Waals surface area contributed by atoms with Gasteiger partial charge in [-0.2, -0.15) is 8.42 Å². The predicted molar refractivity (Wildman–Crippen MR) is 106 cm³/mol. The van der Waals surface area contributed by atoms with E-state index in [4.69, 9.17) is 5.73 Å². The normalized spacial score (nSPS) is 12.0. The molecule has 4 N–H and O–H groups in total. The molecule has 170 valence electrons. The van der Waals surface area contributed by atoms with Crippen LogP contribution in [0.2, 0.25) is 0 Å². The number of nitrogens with zero attached hydrogens (tertiary/aromatic N) is 2. The van der Waals surface area contributed by atoms with Gasteiger partial charge in [-0.1, -0.05) is 12.1 Å². The van der Waals surface area contributed by atoms with Gasteiger partial charge in [0.2, 0.25) is 0 Å². The fraction of sp³-hybridized carbons (Fsp3) is 0. The molecule has 0 aromatic heterocycles. The summed E-state index contributed by atoms with van der Waals surface area (Å²) < 4.78 is 101. The van der Waals surface area contributed by atoms with Crippen molar-refractivity contribution in [2.45, 2.75) is 14.7 Å². The molecule has 13 nitrogen and oxygen atoms in total. The topological polar surface area (TPSA) is 240 Å². The van der Waals surface area contributed by atoms with E-state index >= 15 is 0 Å². The van der Waals surface area contributed by atoms with Crippen molar-refractivity contribution in [2.24, 2.45) is 10.2 Å². The average molecular weight is 570 g/mol. The number of phenols is 1. The van der Waals surface area contributed by atoms with Crippen LogP contribution in [-0.2, 0) is 30.4 Å². The van der Waals surface area contributed by atoms with Crippen LogP contribution in [0.25, 0.3) is 10.8 Å². The number of hydrogen-bond donors (Lipinski definition) is 3. The van der Waals surface area contributed by atoms with Gasteiger partial charge in [-0.3, -0.25) is 4.55 Å². The molecular weight excluding hydrogens is 559 g/mol. The van der Waals surface area contributed by atoms with Crippen molar-refractivity contribution in [3.63, 3.8) is 0 Å². The smallest absolute Gasteiger partial charge is 0.744 e. The molecule has 3 aromatic carbocycles. The number of aromatic hydroxyl groups is 1. The number of hydrogen-bond acceptors (Lipinski definition) is 12. The minimum Gasteiger partial charge on any atom is -0.744 e. The van der Waals surface area contributed by atoms with Gasteiger partial charge in [-0.15, -0.1) is 10.2 Å². The molecular formula is C16H11N3Na3O10S3+. The van der Waals surface area contributed by atoms with Crippen molar-refractivity contribution < 1.29 is 133 Å². The molecule has 0 amide bonds. The summed E-state index contributed by atoms with van der Waals surface area (Å²) in [5, 5.41) is 16.8. The fourth-order valence-corrected chi connectivity index (χ4v) is 4.60. The summed E-state index contributed by atoms with van der Waals surface area (Å²) in [4.78, 5) is -2.69. The van der Waals surface area contributed by atoms with E-state index in [2.05, 4.69) is 10.2 Å². The zero-order valence-corrected chi connectivity index (χ0v) is 26.8. The van der Waals surface area contributed by atoms with Crippen LogP contribution in [-0.4, -0.2) is 44.0 Å². The predicted octanol–water partition coefficient (Wildman–Crippen LogP) is -7.39. The first-order chi connectivity index (χ1) is 14.6. The van der Waals surface area contributed by atoms with Crippen LogP contribution in [0, 0.1) is 0 Å². The number of anilines is 1. The first kappa shape index (κ1) is 34.9. The third kappa shape index (κ3) is 7.92. The Bertz CT molecular complexity index is 1630. The monoisotopic (exact) mass is 570 g/mol. The summed E-state index contributed by atoms with van der Waals surface area (Å²) in [7, 11) is -15.1. The molecule has 35 heavy (non-hydrogen) atoms. The van der Waals surface area contributed by atoms with Gasteiger partial charge in [0.05, 0.1) is 9.79 Å². The van der Waals surface area contributed by atoms with Crippen molar-refractivity contribution >= 4 is 58.2 Å². The molecule has 0 heterocycles. The first-order valence-electron chi connectivity index (χ1n) is 8.10. The summed E-state index contributed by atoms with van der Waals surface area (Å²) in [6, 6.07) is 6.68. The van der Waals surface area contributed by atoms with E-state index in [9.17, 15) is 44.0 Å². The maximum atomic E-state index is 11.7. The number of nitrogen functional groups attached to an aromatic ring is 1. The van der Waals surface area contributed by atoms with Gasteiger partial charge in [0.1, 0.15) is 36.5 Å². The van der Waals surface area contributed by atoms with Crippen molar-refractivity contribution in [3.05, 3.63) is 42.5 Å². The zero-order chi connectivity index (χ0) is 24.1. The molecule has 3 rings (SSSR count). The fourth-order valence-electron chi connectivity index (χ4n) is 2.78. The number of azo groups is 1. The minimum absolute atomic E-state index is 0. The van der Waals surface area contributed by atoms with Crippen molar-refractivity contribution in [1.29, 1.82) is 0 Å². The van der Waals surface area contributed by atoms with Crippen molar-refractivity contribution in [2.75, 3.05) is 5.73 Å². The molecule has 3 aromatic rings. The SMILES string of the molecule is Nc1cc(S(=O)(=O)[O-])cc2cc(S(=O)(=O)[O-])c(N=Nc3ccccc3S(=O)(=O)O)c(O)c12.[Na+].[Na+].[Na+]. The van der Waals surface area contributed by atoms with Crippen LogP contribution in [0.15, 0.2) is 67.4 Å². The Labute approximate surface area is 266 Å². The maximum Gasteiger partial charge on any atom is 1.00 e. The van der Waals surface area contributed by atoms with E-state index in [1.54, 1.807) is 0 Å². The second-order valence-corrected chi connectivity index (χ2v) is 10.4. The molecule has 0 saturated carbocycles. The van der Waals surface area contributed by atoms with Gasteiger partial charge in [0.15, 0.2) is 5.75 Å². The molecule has 0 bridgehead atoms. The number of benzene rings is 3. The molecule has 0 atom stereocenters. The molecule has 0 fully saturated rings. The Morgan fingerprint density at radius 1 is 0.800 bits per heavy atom. The van der Waals surface area contributed by atoms with Crippen LogP contribution in [0.3, 0.4) is 0 Å². The Morgan fingerprint density at radius 3 is 1.89 bits per heavy atom. The van der Waals surface area contributed by atoms with E-state index in [1.807, 2.05) is 0 Å². The summed E-state index contributed by atoms with van der Waals surface area (Å²) in [6.07, 6.45) is 0. The Kier molecular flexibility index (Phi) is 12.5. The Hall–Kier alpha value is -0.150. The van der Waals surface area contributed by atoms with E-state index in [0.717, 1.165) is 12.1 Å². The zero-order valence-electron chi connectivity index (χ0n) is 18.4. The van der Waals surface area contributed by atoms with Crippen LogP contribution < -0.4 is 94.4 Å². The molecule has 0 aliphatic carbocycles. The second-order valence-electron chi connectivity index (χ2n) is 6.23. The molecule has 0 radical (unpaired) electrons. The second kappa shape index (κ2) is 12.6. The third-order valence-electron chi connectivity index (χ3n) is 4.11. The molecule has 0 saturated heterocycles. The van der Waals surface area contributed by atoms with Crippen LogP contribution in [0.4, 0.5) is 17.1 Å². The Balaban J connectivity index is 0.00000385. The quantitative estimate of drug-likeness (QED) is 0.113. The summed E-state index contributed by atoms with van der Waals surface area (Å²) in [5.41, 5.74) is 3.85. The first-order valence-corrected chi connectivity index (χ1v) is 12.4. The minimum atomic E-state index is -5.35. The van der Waals surface area contributed by atoms with Gasteiger partial charge in [-0.25, -0.2) is 16.8 Å². The molecule has 0 aliphatic heterocycles. The number of rotatable bonds is 5. The summed E-state index contributed by atoms with van der Waals surface area (Å²) in [5.74, 6) is -1.00. The summed E-state index contributed by atoms with van der Waals surface area (Å²) >= 11 is 0. The molecule has 19 heteroatoms. The number of nitrogens with two attached hydrogens (primary N) is 1.